The van der Waals surface area contributed by atoms with Crippen molar-refractivity contribution in [3.63, 3.8) is 0 Å². The summed E-state index contributed by atoms with van der Waals surface area (Å²) in [5, 5.41) is 11.6. The molecule has 21 heavy (non-hydrogen) atoms. The number of aliphatic carboxylic acids is 1. The highest BCUT2D eigenvalue weighted by atomic mass is 16.5. The average Bonchev–Trinajstić information content (AvgIpc) is 2.43. The van der Waals surface area contributed by atoms with E-state index in [1.54, 1.807) is 6.92 Å². The Morgan fingerprint density at radius 1 is 1.43 bits per heavy atom. The van der Waals surface area contributed by atoms with E-state index in [0.29, 0.717) is 19.6 Å². The maximum absolute atomic E-state index is 11.8. The van der Waals surface area contributed by atoms with Gasteiger partial charge in [0.05, 0.1) is 6.54 Å². The van der Waals surface area contributed by atoms with Crippen molar-refractivity contribution in [2.75, 3.05) is 20.2 Å². The number of carboxylic acids is 1. The molecule has 0 aromatic heterocycles. The molecule has 0 saturated carbocycles. The number of hydrogen-bond donors (Lipinski definition) is 2. The van der Waals surface area contributed by atoms with Crippen LogP contribution >= 0.6 is 0 Å². The second-order valence-corrected chi connectivity index (χ2v) is 4.77. The number of ether oxygens (including phenoxy) is 1. The highest BCUT2D eigenvalue weighted by molar-refractivity contribution is 5.82. The molecule has 1 aromatic rings. The summed E-state index contributed by atoms with van der Waals surface area (Å²) < 4.78 is 5.50. The third-order valence-corrected chi connectivity index (χ3v) is 3.10. The molecular weight excluding hydrogens is 272 g/mol. The molecule has 0 heterocycles. The van der Waals surface area contributed by atoms with Crippen molar-refractivity contribution < 1.29 is 19.4 Å². The molecule has 0 bridgehead atoms. The van der Waals surface area contributed by atoms with Crippen LogP contribution in [0.1, 0.15) is 18.9 Å². The third kappa shape index (κ3) is 5.33. The Balaban J connectivity index is 2.35. The van der Waals surface area contributed by atoms with Crippen molar-refractivity contribution in [1.29, 1.82) is 0 Å². The first-order valence-electron chi connectivity index (χ1n) is 6.88. The number of carbonyl (C=O) groups excluding carboxylic acids is 1. The molecule has 6 heteroatoms. The van der Waals surface area contributed by atoms with Gasteiger partial charge in [-0.25, -0.2) is 9.59 Å². The van der Waals surface area contributed by atoms with Crippen LogP contribution in [0, 0.1) is 6.92 Å². The number of likely N-dealkylation sites (N-methyl/N-ethyl adjacent to an activating group) is 1. The van der Waals surface area contributed by atoms with E-state index in [1.165, 1.54) is 11.9 Å². The highest BCUT2D eigenvalue weighted by Crippen LogP contribution is 2.11. The van der Waals surface area contributed by atoms with Gasteiger partial charge in [0.1, 0.15) is 18.4 Å². The van der Waals surface area contributed by atoms with Gasteiger partial charge < -0.3 is 20.1 Å². The molecule has 1 aromatic carbocycles. The van der Waals surface area contributed by atoms with E-state index in [4.69, 9.17) is 9.84 Å². The van der Waals surface area contributed by atoms with Crippen molar-refractivity contribution in [2.45, 2.75) is 26.3 Å². The van der Waals surface area contributed by atoms with E-state index in [9.17, 15) is 9.59 Å². The lowest BCUT2D eigenvalue weighted by Crippen LogP contribution is -2.47. The lowest BCUT2D eigenvalue weighted by Gasteiger charge is -2.24. The molecule has 2 amide bonds. The number of amides is 2. The number of carbonyl (C=O) groups is 2. The van der Waals surface area contributed by atoms with E-state index >= 15 is 0 Å². The second-order valence-electron chi connectivity index (χ2n) is 4.77. The molecule has 2 N–H and O–H groups in total. The molecule has 6 nitrogen and oxygen atoms in total. The number of benzene rings is 1. The molecule has 0 fully saturated rings. The van der Waals surface area contributed by atoms with E-state index < -0.39 is 18.0 Å². The Morgan fingerprint density at radius 3 is 2.71 bits per heavy atom. The SMILES string of the molecule is CCC(C(=O)O)N(C)C(=O)NCCOc1cccc(C)c1. The maximum Gasteiger partial charge on any atom is 0.326 e. The van der Waals surface area contributed by atoms with Gasteiger partial charge in [0.15, 0.2) is 0 Å². The topological polar surface area (TPSA) is 78.9 Å². The lowest BCUT2D eigenvalue weighted by atomic mass is 10.2. The Morgan fingerprint density at radius 2 is 2.14 bits per heavy atom. The summed E-state index contributed by atoms with van der Waals surface area (Å²) in [7, 11) is 1.47. The predicted octanol–water partition coefficient (Wildman–Crippen LogP) is 1.88. The Kier molecular flexibility index (Phi) is 6.52. The average molecular weight is 294 g/mol. The fourth-order valence-corrected chi connectivity index (χ4v) is 1.91. The van der Waals surface area contributed by atoms with Crippen molar-refractivity contribution in [2.24, 2.45) is 0 Å². The summed E-state index contributed by atoms with van der Waals surface area (Å²) in [5.41, 5.74) is 1.10. The first kappa shape index (κ1) is 16.8. The van der Waals surface area contributed by atoms with Crippen LogP contribution < -0.4 is 10.1 Å². The van der Waals surface area contributed by atoms with Crippen LogP contribution in [-0.4, -0.2) is 48.2 Å². The van der Waals surface area contributed by atoms with E-state index in [0.717, 1.165) is 11.3 Å². The summed E-state index contributed by atoms with van der Waals surface area (Å²) in [6.45, 7) is 4.34. The number of carboxylic acid groups (broad SMARTS) is 1. The molecule has 0 saturated heterocycles. The van der Waals surface area contributed by atoms with Crippen LogP contribution in [0.5, 0.6) is 5.75 Å². The Hall–Kier alpha value is -2.24. The minimum absolute atomic E-state index is 0.313. The summed E-state index contributed by atoms with van der Waals surface area (Å²) in [6, 6.07) is 6.39. The summed E-state index contributed by atoms with van der Waals surface area (Å²) in [6.07, 6.45) is 0.360. The summed E-state index contributed by atoms with van der Waals surface area (Å²) in [5.74, 6) is -0.263. The minimum atomic E-state index is -1.01. The zero-order valence-corrected chi connectivity index (χ0v) is 12.6. The smallest absolute Gasteiger partial charge is 0.326 e. The van der Waals surface area contributed by atoms with Gasteiger partial charge in [-0.05, 0) is 31.0 Å². The number of nitrogens with one attached hydrogen (secondary N) is 1. The number of aryl methyl sites for hydroxylation is 1. The summed E-state index contributed by atoms with van der Waals surface area (Å²) in [4.78, 5) is 24.0. The molecule has 0 radical (unpaired) electrons. The van der Waals surface area contributed by atoms with E-state index in [2.05, 4.69) is 5.32 Å². The van der Waals surface area contributed by atoms with Crippen molar-refractivity contribution in [1.82, 2.24) is 10.2 Å². The summed E-state index contributed by atoms with van der Waals surface area (Å²) >= 11 is 0. The number of rotatable bonds is 7. The molecule has 0 aliphatic heterocycles. The minimum Gasteiger partial charge on any atom is -0.492 e. The van der Waals surface area contributed by atoms with Gasteiger partial charge in [-0.2, -0.15) is 0 Å². The Bertz CT molecular complexity index is 490. The van der Waals surface area contributed by atoms with Crippen LogP contribution in [0.25, 0.3) is 0 Å². The first-order chi connectivity index (χ1) is 9.95. The van der Waals surface area contributed by atoms with Crippen LogP contribution in [-0.2, 0) is 4.79 Å². The number of urea groups is 1. The van der Waals surface area contributed by atoms with Crippen LogP contribution in [0.2, 0.25) is 0 Å². The monoisotopic (exact) mass is 294 g/mol. The predicted molar refractivity (Wildman–Crippen MR) is 79.6 cm³/mol. The quantitative estimate of drug-likeness (QED) is 0.753. The van der Waals surface area contributed by atoms with Crippen molar-refractivity contribution in [3.8, 4) is 5.75 Å². The van der Waals surface area contributed by atoms with Gasteiger partial charge in [0.2, 0.25) is 0 Å². The Labute approximate surface area is 124 Å². The van der Waals surface area contributed by atoms with Gasteiger partial charge >= 0.3 is 12.0 Å². The molecule has 1 unspecified atom stereocenters. The number of hydrogen-bond acceptors (Lipinski definition) is 3. The normalized spacial score (nSPS) is 11.6. The maximum atomic E-state index is 11.8. The second kappa shape index (κ2) is 8.14. The van der Waals surface area contributed by atoms with Gasteiger partial charge in [-0.3, -0.25) is 0 Å². The van der Waals surface area contributed by atoms with E-state index in [-0.39, 0.29) is 0 Å². The molecule has 116 valence electrons. The molecule has 1 atom stereocenters. The fraction of sp³-hybridized carbons (Fsp3) is 0.467. The lowest BCUT2D eigenvalue weighted by molar-refractivity contribution is -0.141. The molecule has 1 rings (SSSR count). The van der Waals surface area contributed by atoms with Crippen LogP contribution in [0.4, 0.5) is 4.79 Å². The van der Waals surface area contributed by atoms with Gasteiger partial charge in [0, 0.05) is 7.05 Å². The zero-order chi connectivity index (χ0) is 15.8. The zero-order valence-electron chi connectivity index (χ0n) is 12.6. The van der Waals surface area contributed by atoms with Gasteiger partial charge in [-0.15, -0.1) is 0 Å². The van der Waals surface area contributed by atoms with Crippen LogP contribution in [0.15, 0.2) is 24.3 Å². The molecule has 0 aliphatic rings. The van der Waals surface area contributed by atoms with Crippen molar-refractivity contribution >= 4 is 12.0 Å². The highest BCUT2D eigenvalue weighted by Gasteiger charge is 2.24. The fourth-order valence-electron chi connectivity index (χ4n) is 1.91. The molecule has 0 aliphatic carbocycles. The van der Waals surface area contributed by atoms with Crippen LogP contribution in [0.3, 0.4) is 0 Å². The standard InChI is InChI=1S/C15H22N2O4/c1-4-13(14(18)19)17(3)15(20)16-8-9-21-12-7-5-6-11(2)10-12/h5-7,10,13H,4,8-9H2,1-3H3,(H,16,20)(H,18,19). The van der Waals surface area contributed by atoms with Gasteiger partial charge in [-0.1, -0.05) is 19.1 Å². The largest absolute Gasteiger partial charge is 0.492 e. The molecular formula is C15H22N2O4. The van der Waals surface area contributed by atoms with E-state index in [1.807, 2.05) is 31.2 Å². The van der Waals surface area contributed by atoms with Gasteiger partial charge in [0.25, 0.3) is 0 Å². The van der Waals surface area contributed by atoms with Crippen molar-refractivity contribution in [3.05, 3.63) is 29.8 Å². The molecule has 0 spiro atoms. The third-order valence-electron chi connectivity index (χ3n) is 3.10. The first-order valence-corrected chi connectivity index (χ1v) is 6.88. The number of nitrogens with zero attached hydrogens (tertiary/aromatic N) is 1.